The number of aliphatic hydroxyl groups is 1. The van der Waals surface area contributed by atoms with Crippen molar-refractivity contribution < 1.29 is 19.7 Å². The van der Waals surface area contributed by atoms with E-state index >= 15 is 0 Å². The number of para-hydroxylation sites is 1. The van der Waals surface area contributed by atoms with Gasteiger partial charge in [0.2, 0.25) is 0 Å². The van der Waals surface area contributed by atoms with Crippen LogP contribution in [0.5, 0.6) is 5.75 Å². The Hall–Kier alpha value is -1.99. The highest BCUT2D eigenvalue weighted by Crippen LogP contribution is 2.22. The second-order valence-electron chi connectivity index (χ2n) is 2.97. The number of methoxy groups -OCH3 is 1. The highest BCUT2D eigenvalue weighted by Gasteiger charge is 2.12. The van der Waals surface area contributed by atoms with Gasteiger partial charge in [0, 0.05) is 6.42 Å². The van der Waals surface area contributed by atoms with Gasteiger partial charge >= 0.3 is 5.97 Å². The van der Waals surface area contributed by atoms with Gasteiger partial charge in [0.1, 0.15) is 11.3 Å². The molecule has 84 valence electrons. The molecule has 0 atom stereocenters. The number of rotatable bonds is 3. The SMILES string of the molecule is COc1c(C#CCCO)cccc1C(=O)O. The minimum Gasteiger partial charge on any atom is -0.495 e. The molecule has 0 saturated carbocycles. The lowest BCUT2D eigenvalue weighted by Crippen LogP contribution is -2.01. The molecule has 16 heavy (non-hydrogen) atoms. The number of hydrogen-bond donors (Lipinski definition) is 2. The number of carboxylic acid groups (broad SMARTS) is 1. The van der Waals surface area contributed by atoms with Gasteiger partial charge in [-0.3, -0.25) is 0 Å². The average molecular weight is 220 g/mol. The summed E-state index contributed by atoms with van der Waals surface area (Å²) in [6.07, 6.45) is 0.348. The molecule has 1 rings (SSSR count). The lowest BCUT2D eigenvalue weighted by atomic mass is 10.1. The van der Waals surface area contributed by atoms with Gasteiger partial charge in [-0.1, -0.05) is 17.9 Å². The van der Waals surface area contributed by atoms with Gasteiger partial charge in [0.05, 0.1) is 19.3 Å². The minimum atomic E-state index is -1.05. The fourth-order valence-electron chi connectivity index (χ4n) is 1.24. The Morgan fingerprint density at radius 1 is 1.50 bits per heavy atom. The summed E-state index contributed by atoms with van der Waals surface area (Å²) in [6, 6.07) is 4.74. The topological polar surface area (TPSA) is 66.8 Å². The zero-order chi connectivity index (χ0) is 12.0. The van der Waals surface area contributed by atoms with Crippen molar-refractivity contribution in [2.75, 3.05) is 13.7 Å². The molecule has 0 aliphatic rings. The third-order valence-corrected chi connectivity index (χ3v) is 1.91. The predicted octanol–water partition coefficient (Wildman–Crippen LogP) is 1.13. The van der Waals surface area contributed by atoms with Gasteiger partial charge in [-0.05, 0) is 12.1 Å². The van der Waals surface area contributed by atoms with Crippen LogP contribution in [-0.4, -0.2) is 29.9 Å². The molecule has 2 N–H and O–H groups in total. The highest BCUT2D eigenvalue weighted by molar-refractivity contribution is 5.91. The van der Waals surface area contributed by atoms with E-state index in [0.717, 1.165) is 0 Å². The Kier molecular flexibility index (Phi) is 4.37. The van der Waals surface area contributed by atoms with E-state index in [2.05, 4.69) is 11.8 Å². The number of hydrogen-bond acceptors (Lipinski definition) is 3. The molecule has 0 aliphatic carbocycles. The van der Waals surface area contributed by atoms with Crippen molar-refractivity contribution in [2.24, 2.45) is 0 Å². The zero-order valence-corrected chi connectivity index (χ0v) is 8.86. The van der Waals surface area contributed by atoms with Gasteiger partial charge in [-0.2, -0.15) is 0 Å². The van der Waals surface area contributed by atoms with Crippen LogP contribution in [0.15, 0.2) is 18.2 Å². The number of carbonyl (C=O) groups is 1. The van der Waals surface area contributed by atoms with Crippen molar-refractivity contribution in [3.8, 4) is 17.6 Å². The van der Waals surface area contributed by atoms with Gasteiger partial charge in [0.15, 0.2) is 0 Å². The third kappa shape index (κ3) is 2.75. The molecule has 0 aliphatic heterocycles. The van der Waals surface area contributed by atoms with Crippen LogP contribution >= 0.6 is 0 Å². The first-order chi connectivity index (χ1) is 7.70. The van der Waals surface area contributed by atoms with Crippen LogP contribution in [0.25, 0.3) is 0 Å². The van der Waals surface area contributed by atoms with Crippen molar-refractivity contribution in [1.29, 1.82) is 0 Å². The normalized spacial score (nSPS) is 9.12. The average Bonchev–Trinajstić information content (AvgIpc) is 2.29. The maximum absolute atomic E-state index is 10.9. The van der Waals surface area contributed by atoms with E-state index in [0.29, 0.717) is 12.0 Å². The van der Waals surface area contributed by atoms with E-state index in [1.807, 2.05) is 0 Å². The Balaban J connectivity index is 3.15. The fourth-order valence-corrected chi connectivity index (χ4v) is 1.24. The van der Waals surface area contributed by atoms with Crippen LogP contribution in [-0.2, 0) is 0 Å². The largest absolute Gasteiger partial charge is 0.495 e. The van der Waals surface area contributed by atoms with Gasteiger partial charge < -0.3 is 14.9 Å². The molecule has 0 heterocycles. The lowest BCUT2D eigenvalue weighted by molar-refractivity contribution is 0.0693. The van der Waals surface area contributed by atoms with E-state index < -0.39 is 5.97 Å². The van der Waals surface area contributed by atoms with E-state index in [9.17, 15) is 4.79 Å². The summed E-state index contributed by atoms with van der Waals surface area (Å²) < 4.78 is 5.02. The quantitative estimate of drug-likeness (QED) is 0.749. The third-order valence-electron chi connectivity index (χ3n) is 1.91. The molecule has 0 unspecified atom stereocenters. The number of benzene rings is 1. The summed E-state index contributed by atoms with van der Waals surface area (Å²) in [5.74, 6) is 4.68. The highest BCUT2D eigenvalue weighted by atomic mass is 16.5. The van der Waals surface area contributed by atoms with Crippen LogP contribution in [0.2, 0.25) is 0 Å². The zero-order valence-electron chi connectivity index (χ0n) is 8.86. The molecule has 0 bridgehead atoms. The second-order valence-corrected chi connectivity index (χ2v) is 2.97. The number of ether oxygens (including phenoxy) is 1. The van der Waals surface area contributed by atoms with Crippen molar-refractivity contribution >= 4 is 5.97 Å². The maximum atomic E-state index is 10.9. The first-order valence-electron chi connectivity index (χ1n) is 4.70. The van der Waals surface area contributed by atoms with E-state index in [4.69, 9.17) is 14.9 Å². The summed E-state index contributed by atoms with van der Waals surface area (Å²) in [5, 5.41) is 17.5. The molecule has 0 amide bonds. The van der Waals surface area contributed by atoms with Gasteiger partial charge in [0.25, 0.3) is 0 Å². The molecule has 1 aromatic carbocycles. The molecule has 0 aromatic heterocycles. The smallest absolute Gasteiger partial charge is 0.339 e. The molecule has 4 nitrogen and oxygen atoms in total. The number of aromatic carboxylic acids is 1. The van der Waals surface area contributed by atoms with Crippen LogP contribution in [0.4, 0.5) is 0 Å². The van der Waals surface area contributed by atoms with Crippen molar-refractivity contribution in [2.45, 2.75) is 6.42 Å². The summed E-state index contributed by atoms with van der Waals surface area (Å²) in [4.78, 5) is 10.9. The predicted molar refractivity (Wildman–Crippen MR) is 58.5 cm³/mol. The van der Waals surface area contributed by atoms with Gasteiger partial charge in [-0.15, -0.1) is 0 Å². The van der Waals surface area contributed by atoms with E-state index in [1.165, 1.54) is 13.2 Å². The molecule has 4 heteroatoms. The molecule has 0 saturated heterocycles. The number of carboxylic acids is 1. The Bertz CT molecular complexity index is 440. The first kappa shape index (κ1) is 12.1. The number of aliphatic hydroxyl groups excluding tert-OH is 1. The summed E-state index contributed by atoms with van der Waals surface area (Å²) in [5.41, 5.74) is 0.592. The van der Waals surface area contributed by atoms with E-state index in [1.54, 1.807) is 12.1 Å². The fraction of sp³-hybridized carbons (Fsp3) is 0.250. The first-order valence-corrected chi connectivity index (χ1v) is 4.70. The van der Waals surface area contributed by atoms with Gasteiger partial charge in [-0.25, -0.2) is 4.79 Å². The van der Waals surface area contributed by atoms with Crippen molar-refractivity contribution in [1.82, 2.24) is 0 Å². The molecular weight excluding hydrogens is 208 g/mol. The molecule has 1 aromatic rings. The van der Waals surface area contributed by atoms with Crippen LogP contribution in [0.3, 0.4) is 0 Å². The molecule has 0 fully saturated rings. The lowest BCUT2D eigenvalue weighted by Gasteiger charge is -2.06. The summed E-state index contributed by atoms with van der Waals surface area (Å²) in [7, 11) is 1.40. The molecule has 0 radical (unpaired) electrons. The summed E-state index contributed by atoms with van der Waals surface area (Å²) >= 11 is 0. The minimum absolute atomic E-state index is 0.0199. The van der Waals surface area contributed by atoms with Crippen LogP contribution < -0.4 is 4.74 Å². The molecule has 0 spiro atoms. The standard InChI is InChI=1S/C12H12O4/c1-16-11-9(5-2-3-8-13)6-4-7-10(11)12(14)15/h4,6-7,13H,3,8H2,1H3,(H,14,15). The molecular formula is C12H12O4. The van der Waals surface area contributed by atoms with Crippen LogP contribution in [0.1, 0.15) is 22.3 Å². The maximum Gasteiger partial charge on any atom is 0.339 e. The van der Waals surface area contributed by atoms with Crippen LogP contribution in [0, 0.1) is 11.8 Å². The summed E-state index contributed by atoms with van der Waals surface area (Å²) in [6.45, 7) is -0.0199. The van der Waals surface area contributed by atoms with Crippen molar-refractivity contribution in [3.63, 3.8) is 0 Å². The van der Waals surface area contributed by atoms with E-state index in [-0.39, 0.29) is 17.9 Å². The van der Waals surface area contributed by atoms with Crippen molar-refractivity contribution in [3.05, 3.63) is 29.3 Å². The monoisotopic (exact) mass is 220 g/mol. The Morgan fingerprint density at radius 2 is 2.25 bits per heavy atom. The Labute approximate surface area is 93.5 Å². The second kappa shape index (κ2) is 5.79. The Morgan fingerprint density at radius 3 is 2.81 bits per heavy atom.